The lowest BCUT2D eigenvalue weighted by atomic mass is 10.1. The van der Waals surface area contributed by atoms with Gasteiger partial charge in [-0.15, -0.1) is 5.73 Å². The number of ether oxygens (including phenoxy) is 1. The summed E-state index contributed by atoms with van der Waals surface area (Å²) >= 11 is 0. The van der Waals surface area contributed by atoms with Gasteiger partial charge in [0, 0.05) is 17.3 Å². The predicted octanol–water partition coefficient (Wildman–Crippen LogP) is 3.03. The molecule has 1 aliphatic rings. The van der Waals surface area contributed by atoms with E-state index in [2.05, 4.69) is 24.2 Å². The number of aliphatic imine (C=N–C) groups is 1. The molecule has 0 unspecified atom stereocenters. The Bertz CT molecular complexity index is 454. The topological polar surface area (TPSA) is 21.6 Å². The van der Waals surface area contributed by atoms with Crippen molar-refractivity contribution in [2.75, 3.05) is 6.61 Å². The van der Waals surface area contributed by atoms with E-state index in [1.807, 2.05) is 24.4 Å². The summed E-state index contributed by atoms with van der Waals surface area (Å²) in [6, 6.07) is 5.96. The van der Waals surface area contributed by atoms with Crippen molar-refractivity contribution in [3.05, 3.63) is 41.6 Å². The second kappa shape index (κ2) is 4.16. The molecule has 0 aromatic heterocycles. The standard InChI is InChI=1S/C13H13NO/c1-3-7-15-11-5-6-12-10(8-11)9-14-13(12)4-2/h5-6,8-9H,2-3,7H2,1H3. The van der Waals surface area contributed by atoms with Crippen LogP contribution in [0.4, 0.5) is 0 Å². The normalized spacial score (nSPS) is 12.5. The summed E-state index contributed by atoms with van der Waals surface area (Å²) in [5.74, 6) is 0.896. The minimum Gasteiger partial charge on any atom is -0.494 e. The molecule has 1 aromatic carbocycles. The first-order chi connectivity index (χ1) is 7.35. The summed E-state index contributed by atoms with van der Waals surface area (Å²) in [6.07, 6.45) is 2.84. The molecule has 1 heterocycles. The van der Waals surface area contributed by atoms with Crippen molar-refractivity contribution < 1.29 is 4.74 Å². The van der Waals surface area contributed by atoms with E-state index in [0.29, 0.717) is 0 Å². The Morgan fingerprint density at radius 2 is 2.33 bits per heavy atom. The van der Waals surface area contributed by atoms with E-state index in [9.17, 15) is 0 Å². The maximum absolute atomic E-state index is 5.54. The van der Waals surface area contributed by atoms with Gasteiger partial charge in [-0.2, -0.15) is 0 Å². The van der Waals surface area contributed by atoms with Crippen molar-refractivity contribution in [2.45, 2.75) is 13.3 Å². The van der Waals surface area contributed by atoms with Crippen LogP contribution in [0.5, 0.6) is 5.75 Å². The molecule has 1 aliphatic heterocycles. The highest BCUT2D eigenvalue weighted by Crippen LogP contribution is 2.27. The smallest absolute Gasteiger partial charge is 0.119 e. The lowest BCUT2D eigenvalue weighted by Gasteiger charge is -2.05. The largest absolute Gasteiger partial charge is 0.494 e. The van der Waals surface area contributed by atoms with Gasteiger partial charge in [-0.3, -0.25) is 0 Å². The van der Waals surface area contributed by atoms with Crippen LogP contribution >= 0.6 is 0 Å². The molecule has 0 amide bonds. The summed E-state index contributed by atoms with van der Waals surface area (Å²) in [5, 5.41) is 0. The van der Waals surface area contributed by atoms with Gasteiger partial charge in [0.25, 0.3) is 0 Å². The fraction of sp³-hybridized carbons (Fsp3) is 0.231. The highest BCUT2D eigenvalue weighted by molar-refractivity contribution is 5.97. The molecule has 2 heteroatoms. The minimum absolute atomic E-state index is 0.750. The Kier molecular flexibility index (Phi) is 2.70. The fourth-order valence-electron chi connectivity index (χ4n) is 1.52. The highest BCUT2D eigenvalue weighted by Gasteiger charge is 2.11. The van der Waals surface area contributed by atoms with E-state index in [0.717, 1.165) is 35.6 Å². The van der Waals surface area contributed by atoms with E-state index in [-0.39, 0.29) is 0 Å². The summed E-state index contributed by atoms with van der Waals surface area (Å²) < 4.78 is 5.54. The van der Waals surface area contributed by atoms with Crippen molar-refractivity contribution in [1.82, 2.24) is 0 Å². The monoisotopic (exact) mass is 199 g/mol. The Morgan fingerprint density at radius 1 is 1.47 bits per heavy atom. The lowest BCUT2D eigenvalue weighted by Crippen LogP contribution is -1.95. The van der Waals surface area contributed by atoms with Crippen LogP contribution in [-0.2, 0) is 0 Å². The van der Waals surface area contributed by atoms with Crippen LogP contribution in [0.3, 0.4) is 0 Å². The molecule has 0 radical (unpaired) electrons. The SMILES string of the molecule is C=C=C1N=Cc2cc(OCCC)ccc21. The number of hydrogen-bond acceptors (Lipinski definition) is 2. The van der Waals surface area contributed by atoms with E-state index in [1.54, 1.807) is 0 Å². The van der Waals surface area contributed by atoms with Gasteiger partial charge in [-0.25, -0.2) is 4.99 Å². The second-order valence-electron chi connectivity index (χ2n) is 3.38. The molecular formula is C13H13NO. The van der Waals surface area contributed by atoms with Gasteiger partial charge >= 0.3 is 0 Å². The molecule has 0 saturated carbocycles. The first-order valence-electron chi connectivity index (χ1n) is 5.06. The van der Waals surface area contributed by atoms with Crippen molar-refractivity contribution in [3.63, 3.8) is 0 Å². The van der Waals surface area contributed by atoms with Crippen molar-refractivity contribution in [2.24, 2.45) is 4.99 Å². The van der Waals surface area contributed by atoms with Crippen molar-refractivity contribution in [1.29, 1.82) is 0 Å². The minimum atomic E-state index is 0.750. The molecule has 0 bridgehead atoms. The molecule has 2 nitrogen and oxygen atoms in total. The van der Waals surface area contributed by atoms with Crippen molar-refractivity contribution in [3.8, 4) is 5.75 Å². The van der Waals surface area contributed by atoms with Crippen LogP contribution in [0.25, 0.3) is 5.70 Å². The van der Waals surface area contributed by atoms with Gasteiger partial charge in [0.05, 0.1) is 6.61 Å². The van der Waals surface area contributed by atoms with Crippen LogP contribution in [0.2, 0.25) is 0 Å². The van der Waals surface area contributed by atoms with Gasteiger partial charge in [0.15, 0.2) is 0 Å². The highest BCUT2D eigenvalue weighted by atomic mass is 16.5. The molecular weight excluding hydrogens is 186 g/mol. The molecule has 15 heavy (non-hydrogen) atoms. The molecule has 0 saturated heterocycles. The average molecular weight is 199 g/mol. The van der Waals surface area contributed by atoms with Gasteiger partial charge < -0.3 is 4.74 Å². The zero-order chi connectivity index (χ0) is 10.7. The van der Waals surface area contributed by atoms with Gasteiger partial charge in [0.2, 0.25) is 0 Å². The Balaban J connectivity index is 2.29. The first kappa shape index (κ1) is 9.75. The third kappa shape index (κ3) is 1.85. The Labute approximate surface area is 89.6 Å². The third-order valence-corrected chi connectivity index (χ3v) is 2.25. The molecule has 76 valence electrons. The molecule has 0 aliphatic carbocycles. The van der Waals surface area contributed by atoms with Gasteiger partial charge in [-0.1, -0.05) is 13.5 Å². The van der Waals surface area contributed by atoms with E-state index in [1.165, 1.54) is 0 Å². The number of nitrogens with zero attached hydrogens (tertiary/aromatic N) is 1. The predicted molar refractivity (Wildman–Crippen MR) is 62.4 cm³/mol. The molecule has 0 atom stereocenters. The Hall–Kier alpha value is -1.79. The van der Waals surface area contributed by atoms with E-state index in [4.69, 9.17) is 4.74 Å². The molecule has 2 rings (SSSR count). The van der Waals surface area contributed by atoms with Crippen LogP contribution in [0, 0.1) is 0 Å². The number of rotatable bonds is 3. The fourth-order valence-corrected chi connectivity index (χ4v) is 1.52. The lowest BCUT2D eigenvalue weighted by molar-refractivity contribution is 0.317. The summed E-state index contributed by atoms with van der Waals surface area (Å²) in [6.45, 7) is 6.45. The van der Waals surface area contributed by atoms with Crippen LogP contribution in [0.15, 0.2) is 35.5 Å². The van der Waals surface area contributed by atoms with Gasteiger partial charge in [0.1, 0.15) is 11.4 Å². The average Bonchev–Trinajstić information content (AvgIpc) is 2.68. The van der Waals surface area contributed by atoms with E-state index < -0.39 is 0 Å². The number of benzene rings is 1. The molecule has 0 fully saturated rings. The van der Waals surface area contributed by atoms with Gasteiger partial charge in [-0.05, 0) is 24.6 Å². The zero-order valence-corrected chi connectivity index (χ0v) is 8.79. The molecule has 1 aromatic rings. The van der Waals surface area contributed by atoms with Crippen LogP contribution < -0.4 is 4.74 Å². The second-order valence-corrected chi connectivity index (χ2v) is 3.38. The molecule has 0 spiro atoms. The third-order valence-electron chi connectivity index (χ3n) is 2.25. The van der Waals surface area contributed by atoms with Crippen molar-refractivity contribution >= 4 is 11.9 Å². The van der Waals surface area contributed by atoms with E-state index >= 15 is 0 Å². The maximum atomic E-state index is 5.54. The van der Waals surface area contributed by atoms with Crippen LogP contribution in [0.1, 0.15) is 24.5 Å². The maximum Gasteiger partial charge on any atom is 0.119 e. The summed E-state index contributed by atoms with van der Waals surface area (Å²) in [5.41, 5.74) is 5.78. The number of fused-ring (bicyclic) bond motifs is 1. The number of hydrogen-bond donors (Lipinski definition) is 0. The Morgan fingerprint density at radius 3 is 3.07 bits per heavy atom. The van der Waals surface area contributed by atoms with Crippen LogP contribution in [-0.4, -0.2) is 12.8 Å². The summed E-state index contributed by atoms with van der Waals surface area (Å²) in [7, 11) is 0. The zero-order valence-electron chi connectivity index (χ0n) is 8.79. The molecule has 0 N–H and O–H groups in total. The summed E-state index contributed by atoms with van der Waals surface area (Å²) in [4.78, 5) is 4.21. The quantitative estimate of drug-likeness (QED) is 0.686. The first-order valence-corrected chi connectivity index (χ1v) is 5.06.